The average molecular weight is 328 g/mol. The highest BCUT2D eigenvalue weighted by molar-refractivity contribution is 7.11. The molecule has 1 aromatic carbocycles. The molecule has 2 amide bonds. The Kier molecular flexibility index (Phi) is 5.14. The Morgan fingerprint density at radius 2 is 2.29 bits per heavy atom. The fourth-order valence-corrected chi connectivity index (χ4v) is 2.78. The summed E-state index contributed by atoms with van der Waals surface area (Å²) in [5.41, 5.74) is 0.0675. The van der Waals surface area contributed by atoms with E-state index in [1.165, 1.54) is 23.1 Å². The number of hydrogen-bond acceptors (Lipinski definition) is 3. The number of urea groups is 1. The summed E-state index contributed by atoms with van der Waals surface area (Å²) in [6.07, 6.45) is 2.63. The van der Waals surface area contributed by atoms with Gasteiger partial charge in [-0.25, -0.2) is 14.2 Å². The van der Waals surface area contributed by atoms with E-state index in [0.717, 1.165) is 16.3 Å². The molecule has 2 rings (SSSR count). The van der Waals surface area contributed by atoms with Crippen molar-refractivity contribution < 1.29 is 9.18 Å². The van der Waals surface area contributed by atoms with Crippen LogP contribution in [0.2, 0.25) is 5.02 Å². The number of aryl methyl sites for hydroxylation is 1. The number of halogens is 2. The van der Waals surface area contributed by atoms with Gasteiger partial charge in [-0.1, -0.05) is 18.5 Å². The van der Waals surface area contributed by atoms with Crippen molar-refractivity contribution >= 4 is 34.7 Å². The van der Waals surface area contributed by atoms with Crippen LogP contribution in [0.25, 0.3) is 0 Å². The molecule has 0 saturated carbocycles. The van der Waals surface area contributed by atoms with Crippen LogP contribution < -0.4 is 5.32 Å². The lowest BCUT2D eigenvalue weighted by molar-refractivity contribution is 0.221. The van der Waals surface area contributed by atoms with Gasteiger partial charge in [0.15, 0.2) is 0 Å². The molecular formula is C14H15ClFN3OS. The van der Waals surface area contributed by atoms with Crippen LogP contribution in [-0.4, -0.2) is 23.0 Å². The van der Waals surface area contributed by atoms with Gasteiger partial charge in [-0.3, -0.25) is 0 Å². The summed E-state index contributed by atoms with van der Waals surface area (Å²) in [4.78, 5) is 18.7. The van der Waals surface area contributed by atoms with E-state index in [2.05, 4.69) is 10.3 Å². The van der Waals surface area contributed by atoms with Gasteiger partial charge in [-0.2, -0.15) is 0 Å². The predicted molar refractivity (Wildman–Crippen MR) is 83.4 cm³/mol. The first kappa shape index (κ1) is 15.7. The summed E-state index contributed by atoms with van der Waals surface area (Å²) >= 11 is 7.35. The summed E-state index contributed by atoms with van der Waals surface area (Å²) < 4.78 is 13.6. The predicted octanol–water partition coefficient (Wildman–Crippen LogP) is 4.16. The van der Waals surface area contributed by atoms with E-state index in [0.29, 0.717) is 11.6 Å². The molecule has 4 nitrogen and oxygen atoms in total. The van der Waals surface area contributed by atoms with Crippen molar-refractivity contribution in [3.8, 4) is 0 Å². The molecule has 1 heterocycles. The number of anilines is 1. The molecule has 0 aliphatic rings. The minimum Gasteiger partial charge on any atom is -0.322 e. The van der Waals surface area contributed by atoms with Crippen LogP contribution in [0.4, 0.5) is 14.9 Å². The number of hydrogen-bond donors (Lipinski definition) is 1. The fraction of sp³-hybridized carbons (Fsp3) is 0.286. The SMILES string of the molecule is CCc1ncc(CN(C)C(=O)Nc2cc(Cl)ccc2F)s1. The Labute approximate surface area is 131 Å². The third-order valence-corrected chi connectivity index (χ3v) is 4.18. The van der Waals surface area contributed by atoms with Crippen LogP contribution in [0.5, 0.6) is 0 Å². The zero-order valence-corrected chi connectivity index (χ0v) is 13.3. The lowest BCUT2D eigenvalue weighted by Crippen LogP contribution is -2.30. The van der Waals surface area contributed by atoms with Crippen LogP contribution in [0.3, 0.4) is 0 Å². The summed E-state index contributed by atoms with van der Waals surface area (Å²) in [6, 6.07) is 3.63. The van der Waals surface area contributed by atoms with Crippen molar-refractivity contribution in [2.24, 2.45) is 0 Å². The number of rotatable bonds is 4. The zero-order chi connectivity index (χ0) is 15.4. The summed E-state index contributed by atoms with van der Waals surface area (Å²) in [6.45, 7) is 2.45. The molecule has 0 aliphatic carbocycles. The molecule has 0 unspecified atom stereocenters. The van der Waals surface area contributed by atoms with Gasteiger partial charge in [0.05, 0.1) is 17.2 Å². The Morgan fingerprint density at radius 1 is 1.52 bits per heavy atom. The minimum absolute atomic E-state index is 0.0675. The van der Waals surface area contributed by atoms with E-state index in [4.69, 9.17) is 11.6 Å². The Morgan fingerprint density at radius 3 is 2.95 bits per heavy atom. The van der Waals surface area contributed by atoms with Gasteiger partial charge in [-0.05, 0) is 24.6 Å². The monoisotopic (exact) mass is 327 g/mol. The third-order valence-electron chi connectivity index (χ3n) is 2.81. The highest BCUT2D eigenvalue weighted by atomic mass is 35.5. The largest absolute Gasteiger partial charge is 0.322 e. The highest BCUT2D eigenvalue weighted by Crippen LogP contribution is 2.20. The number of benzene rings is 1. The van der Waals surface area contributed by atoms with Crippen molar-refractivity contribution in [1.29, 1.82) is 0 Å². The van der Waals surface area contributed by atoms with Crippen molar-refractivity contribution in [3.63, 3.8) is 0 Å². The molecule has 0 bridgehead atoms. The number of nitrogens with zero attached hydrogens (tertiary/aromatic N) is 2. The van der Waals surface area contributed by atoms with Gasteiger partial charge in [0.2, 0.25) is 0 Å². The van der Waals surface area contributed by atoms with Gasteiger partial charge in [0.1, 0.15) is 5.82 Å². The van der Waals surface area contributed by atoms with Gasteiger partial charge in [0.25, 0.3) is 0 Å². The molecule has 0 atom stereocenters. The second-order valence-electron chi connectivity index (χ2n) is 4.48. The van der Waals surface area contributed by atoms with E-state index in [9.17, 15) is 9.18 Å². The van der Waals surface area contributed by atoms with Crippen molar-refractivity contribution in [3.05, 3.63) is 45.1 Å². The first-order chi connectivity index (χ1) is 9.99. The van der Waals surface area contributed by atoms with Crippen LogP contribution >= 0.6 is 22.9 Å². The molecule has 1 N–H and O–H groups in total. The maximum atomic E-state index is 13.6. The molecular weight excluding hydrogens is 313 g/mol. The molecule has 112 valence electrons. The smallest absolute Gasteiger partial charge is 0.321 e. The lowest BCUT2D eigenvalue weighted by Gasteiger charge is -2.17. The molecule has 0 saturated heterocycles. The number of carbonyl (C=O) groups excluding carboxylic acids is 1. The molecule has 2 aromatic rings. The van der Waals surface area contributed by atoms with E-state index < -0.39 is 11.8 Å². The summed E-state index contributed by atoms with van der Waals surface area (Å²) in [5.74, 6) is -0.521. The van der Waals surface area contributed by atoms with Gasteiger partial charge in [0, 0.05) is 23.1 Å². The standard InChI is InChI=1S/C14H15ClFN3OS/c1-3-13-17-7-10(21-13)8-19(2)14(20)18-12-6-9(15)4-5-11(12)16/h4-7H,3,8H2,1-2H3,(H,18,20). The quantitative estimate of drug-likeness (QED) is 0.916. The van der Waals surface area contributed by atoms with E-state index in [1.54, 1.807) is 24.6 Å². The minimum atomic E-state index is -0.521. The molecule has 0 spiro atoms. The summed E-state index contributed by atoms with van der Waals surface area (Å²) in [7, 11) is 1.64. The third kappa shape index (κ3) is 4.15. The number of nitrogens with one attached hydrogen (secondary N) is 1. The number of amides is 2. The van der Waals surface area contributed by atoms with Crippen LogP contribution in [0.1, 0.15) is 16.8 Å². The normalized spacial score (nSPS) is 10.5. The van der Waals surface area contributed by atoms with Crippen LogP contribution in [0, 0.1) is 5.82 Å². The number of aromatic nitrogens is 1. The first-order valence-electron chi connectivity index (χ1n) is 6.40. The maximum absolute atomic E-state index is 13.6. The molecule has 7 heteroatoms. The average Bonchev–Trinajstić information content (AvgIpc) is 2.90. The number of carbonyl (C=O) groups is 1. The Balaban J connectivity index is 2.00. The molecule has 21 heavy (non-hydrogen) atoms. The Bertz CT molecular complexity index is 647. The Hall–Kier alpha value is -1.66. The van der Waals surface area contributed by atoms with Gasteiger partial charge < -0.3 is 10.2 Å². The van der Waals surface area contributed by atoms with Crippen LogP contribution in [0.15, 0.2) is 24.4 Å². The second kappa shape index (κ2) is 6.87. The molecule has 0 radical (unpaired) electrons. The van der Waals surface area contributed by atoms with E-state index >= 15 is 0 Å². The first-order valence-corrected chi connectivity index (χ1v) is 7.59. The second-order valence-corrected chi connectivity index (χ2v) is 6.12. The molecule has 0 aliphatic heterocycles. The van der Waals surface area contributed by atoms with E-state index in [-0.39, 0.29) is 5.69 Å². The van der Waals surface area contributed by atoms with E-state index in [1.807, 2.05) is 6.92 Å². The van der Waals surface area contributed by atoms with Crippen molar-refractivity contribution in [2.75, 3.05) is 12.4 Å². The van der Waals surface area contributed by atoms with Crippen LogP contribution in [-0.2, 0) is 13.0 Å². The highest BCUT2D eigenvalue weighted by Gasteiger charge is 2.13. The topological polar surface area (TPSA) is 45.2 Å². The van der Waals surface area contributed by atoms with Gasteiger partial charge >= 0.3 is 6.03 Å². The fourth-order valence-electron chi connectivity index (χ4n) is 1.69. The molecule has 1 aromatic heterocycles. The lowest BCUT2D eigenvalue weighted by atomic mass is 10.3. The van der Waals surface area contributed by atoms with Crippen molar-refractivity contribution in [1.82, 2.24) is 9.88 Å². The number of thiazole rings is 1. The zero-order valence-electron chi connectivity index (χ0n) is 11.7. The molecule has 0 fully saturated rings. The van der Waals surface area contributed by atoms with Crippen molar-refractivity contribution in [2.45, 2.75) is 19.9 Å². The maximum Gasteiger partial charge on any atom is 0.321 e. The summed E-state index contributed by atoms with van der Waals surface area (Å²) in [5, 5.41) is 3.90. The van der Waals surface area contributed by atoms with Gasteiger partial charge in [-0.15, -0.1) is 11.3 Å².